The van der Waals surface area contributed by atoms with Crippen molar-refractivity contribution >= 4 is 5.78 Å². The second kappa shape index (κ2) is 3.69. The van der Waals surface area contributed by atoms with Gasteiger partial charge in [0.2, 0.25) is 0 Å². The van der Waals surface area contributed by atoms with E-state index < -0.39 is 0 Å². The van der Waals surface area contributed by atoms with E-state index in [1.54, 1.807) is 6.92 Å². The molecule has 0 spiro atoms. The van der Waals surface area contributed by atoms with Crippen LogP contribution in [0.4, 0.5) is 0 Å². The Balaban J connectivity index is 2.18. The van der Waals surface area contributed by atoms with E-state index in [2.05, 4.69) is 27.4 Å². The molecular weight excluding hydrogens is 200 g/mol. The average molecular weight is 222 g/mol. The maximum atomic E-state index is 11.3. The summed E-state index contributed by atoms with van der Waals surface area (Å²) in [7, 11) is 0. The molecule has 0 amide bonds. The van der Waals surface area contributed by atoms with Crippen molar-refractivity contribution in [1.29, 1.82) is 0 Å². The van der Waals surface area contributed by atoms with Gasteiger partial charge in [-0.15, -0.1) is 0 Å². The number of ether oxygens (including phenoxy) is 1. The van der Waals surface area contributed by atoms with E-state index in [0.717, 1.165) is 6.42 Å². The predicted molar refractivity (Wildman–Crippen MR) is 64.2 cm³/mol. The van der Waals surface area contributed by atoms with Gasteiger partial charge >= 0.3 is 0 Å². The minimum Gasteiger partial charge on any atom is -0.361 e. The summed E-state index contributed by atoms with van der Waals surface area (Å²) in [6, 6.07) is 0. The summed E-state index contributed by atoms with van der Waals surface area (Å²) in [6.45, 7) is 12.7. The van der Waals surface area contributed by atoms with Gasteiger partial charge in [0, 0.05) is 5.92 Å². The Kier molecular flexibility index (Phi) is 2.73. The third-order valence-electron chi connectivity index (χ3n) is 4.66. The molecule has 16 heavy (non-hydrogen) atoms. The monoisotopic (exact) mass is 222 g/mol. The van der Waals surface area contributed by atoms with Crippen molar-refractivity contribution in [2.75, 3.05) is 0 Å². The third-order valence-corrected chi connectivity index (χ3v) is 4.66. The number of hydrogen-bond acceptors (Lipinski definition) is 2. The van der Waals surface area contributed by atoms with E-state index in [9.17, 15) is 4.79 Å². The largest absolute Gasteiger partial charge is 0.361 e. The molecular formula is C14H22O2. The second-order valence-corrected chi connectivity index (χ2v) is 6.03. The lowest BCUT2D eigenvalue weighted by molar-refractivity contribution is -0.118. The van der Waals surface area contributed by atoms with Gasteiger partial charge in [-0.05, 0) is 31.1 Å². The molecule has 4 unspecified atom stereocenters. The maximum absolute atomic E-state index is 11.3. The van der Waals surface area contributed by atoms with Gasteiger partial charge in [-0.1, -0.05) is 32.9 Å². The van der Waals surface area contributed by atoms with E-state index in [1.165, 1.54) is 12.0 Å². The summed E-state index contributed by atoms with van der Waals surface area (Å²) in [4.78, 5) is 11.3. The molecule has 1 heterocycles. The molecule has 1 aliphatic heterocycles. The van der Waals surface area contributed by atoms with Crippen LogP contribution >= 0.6 is 0 Å². The zero-order valence-corrected chi connectivity index (χ0v) is 10.7. The molecule has 1 aliphatic carbocycles. The van der Waals surface area contributed by atoms with E-state index in [-0.39, 0.29) is 23.4 Å². The fraction of sp³-hybridized carbons (Fsp3) is 0.786. The van der Waals surface area contributed by atoms with E-state index in [1.807, 2.05) is 0 Å². The molecule has 0 radical (unpaired) electrons. The highest BCUT2D eigenvalue weighted by Gasteiger charge is 2.55. The summed E-state index contributed by atoms with van der Waals surface area (Å²) < 4.78 is 5.56. The molecule has 4 atom stereocenters. The van der Waals surface area contributed by atoms with Crippen molar-refractivity contribution in [3.05, 3.63) is 12.2 Å². The lowest BCUT2D eigenvalue weighted by Crippen LogP contribution is -2.40. The average Bonchev–Trinajstić information content (AvgIpc) is 2.92. The fourth-order valence-corrected chi connectivity index (χ4v) is 3.12. The van der Waals surface area contributed by atoms with Crippen LogP contribution in [0.3, 0.4) is 0 Å². The van der Waals surface area contributed by atoms with Crippen molar-refractivity contribution in [3.8, 4) is 0 Å². The van der Waals surface area contributed by atoms with E-state index >= 15 is 0 Å². The number of hydrogen-bond donors (Lipinski definition) is 0. The molecule has 2 aliphatic rings. The second-order valence-electron chi connectivity index (χ2n) is 6.03. The Morgan fingerprint density at radius 3 is 2.62 bits per heavy atom. The fourth-order valence-electron chi connectivity index (χ4n) is 3.12. The van der Waals surface area contributed by atoms with Crippen LogP contribution in [-0.2, 0) is 9.53 Å². The summed E-state index contributed by atoms with van der Waals surface area (Å²) >= 11 is 0. The van der Waals surface area contributed by atoms with Crippen LogP contribution in [0.25, 0.3) is 0 Å². The highest BCUT2D eigenvalue weighted by molar-refractivity contribution is 5.83. The first-order valence-electron chi connectivity index (χ1n) is 6.19. The highest BCUT2D eigenvalue weighted by Crippen LogP contribution is 2.53. The first-order valence-corrected chi connectivity index (χ1v) is 6.19. The van der Waals surface area contributed by atoms with Crippen molar-refractivity contribution in [1.82, 2.24) is 0 Å². The molecule has 0 bridgehead atoms. The molecule has 0 aromatic heterocycles. The third kappa shape index (κ3) is 1.73. The van der Waals surface area contributed by atoms with Crippen molar-refractivity contribution in [2.24, 2.45) is 17.3 Å². The molecule has 2 heteroatoms. The Hall–Kier alpha value is -0.630. The topological polar surface area (TPSA) is 29.6 Å². The Morgan fingerprint density at radius 2 is 2.12 bits per heavy atom. The molecule has 0 aromatic rings. The lowest BCUT2D eigenvalue weighted by Gasteiger charge is -2.44. The van der Waals surface area contributed by atoms with Crippen LogP contribution < -0.4 is 0 Å². The van der Waals surface area contributed by atoms with Gasteiger partial charge < -0.3 is 4.74 Å². The van der Waals surface area contributed by atoms with E-state index in [0.29, 0.717) is 11.8 Å². The van der Waals surface area contributed by atoms with Gasteiger partial charge in [0.15, 0.2) is 5.78 Å². The van der Waals surface area contributed by atoms with Crippen LogP contribution in [0.15, 0.2) is 12.2 Å². The first-order chi connectivity index (χ1) is 7.35. The van der Waals surface area contributed by atoms with E-state index in [4.69, 9.17) is 4.74 Å². The first kappa shape index (κ1) is 11.8. The van der Waals surface area contributed by atoms with Gasteiger partial charge in [-0.2, -0.15) is 0 Å². The van der Waals surface area contributed by atoms with Crippen LogP contribution in [0, 0.1) is 17.3 Å². The quantitative estimate of drug-likeness (QED) is 0.531. The minimum absolute atomic E-state index is 0.0998. The van der Waals surface area contributed by atoms with Gasteiger partial charge in [0.1, 0.15) is 6.10 Å². The Labute approximate surface area is 98.1 Å². The molecule has 2 nitrogen and oxygen atoms in total. The maximum Gasteiger partial charge on any atom is 0.161 e. The van der Waals surface area contributed by atoms with Gasteiger partial charge in [-0.3, -0.25) is 4.79 Å². The summed E-state index contributed by atoms with van der Waals surface area (Å²) in [5.74, 6) is 1.18. The molecule has 0 N–H and O–H groups in total. The SMILES string of the molecule is C=C1CCC(C)C(C)(C)C1C1OC1C(C)=O. The summed E-state index contributed by atoms with van der Waals surface area (Å²) in [6.07, 6.45) is 2.23. The zero-order chi connectivity index (χ0) is 12.1. The van der Waals surface area contributed by atoms with Crippen LogP contribution in [0.5, 0.6) is 0 Å². The molecule has 0 aromatic carbocycles. The summed E-state index contributed by atoms with van der Waals surface area (Å²) in [5.41, 5.74) is 1.47. The number of rotatable bonds is 2. The van der Waals surface area contributed by atoms with Gasteiger partial charge in [0.25, 0.3) is 0 Å². The molecule has 1 saturated heterocycles. The van der Waals surface area contributed by atoms with Crippen LogP contribution in [0.1, 0.15) is 40.5 Å². The number of epoxide rings is 1. The van der Waals surface area contributed by atoms with Crippen LogP contribution in [0.2, 0.25) is 0 Å². The molecule has 1 saturated carbocycles. The normalized spacial score (nSPS) is 41.9. The number of ketones is 1. The van der Waals surface area contributed by atoms with Crippen LogP contribution in [-0.4, -0.2) is 18.0 Å². The molecule has 2 rings (SSSR count). The van der Waals surface area contributed by atoms with Crippen molar-refractivity contribution < 1.29 is 9.53 Å². The molecule has 90 valence electrons. The highest BCUT2D eigenvalue weighted by atomic mass is 16.6. The standard InChI is InChI=1S/C14H22O2/c1-8-6-7-9(2)14(4,5)11(8)13-12(16-13)10(3)15/h9,11-13H,1,6-7H2,2-5H3. The number of carbonyl (C=O) groups excluding carboxylic acids is 1. The predicted octanol–water partition coefficient (Wildman–Crippen LogP) is 2.97. The number of carbonyl (C=O) groups is 1. The zero-order valence-electron chi connectivity index (χ0n) is 10.7. The smallest absolute Gasteiger partial charge is 0.161 e. The summed E-state index contributed by atoms with van der Waals surface area (Å²) in [5, 5.41) is 0. The van der Waals surface area contributed by atoms with Gasteiger partial charge in [0.05, 0.1) is 6.10 Å². The number of Topliss-reactive ketones (excluding diaryl/α,β-unsaturated/α-hetero) is 1. The lowest BCUT2D eigenvalue weighted by atomic mass is 9.60. The van der Waals surface area contributed by atoms with Gasteiger partial charge in [-0.25, -0.2) is 0 Å². The van der Waals surface area contributed by atoms with Crippen molar-refractivity contribution in [2.45, 2.75) is 52.7 Å². The minimum atomic E-state index is -0.161. The molecule has 2 fully saturated rings. The Morgan fingerprint density at radius 1 is 1.50 bits per heavy atom. The van der Waals surface area contributed by atoms with Crippen molar-refractivity contribution in [3.63, 3.8) is 0 Å². The Bertz CT molecular complexity index is 330.